The molecule has 0 atom stereocenters. The van der Waals surface area contributed by atoms with Crippen LogP contribution in [0.4, 0.5) is 4.39 Å². The van der Waals surface area contributed by atoms with E-state index in [1.54, 1.807) is 12.1 Å². The second-order valence-electron chi connectivity index (χ2n) is 5.26. The Morgan fingerprint density at radius 1 is 1.38 bits per heavy atom. The largest absolute Gasteiger partial charge is 0.235 e. The van der Waals surface area contributed by atoms with Crippen LogP contribution in [0.15, 0.2) is 29.3 Å². The Kier molecular flexibility index (Phi) is 2.43. The molecule has 0 spiro atoms. The summed E-state index contributed by atoms with van der Waals surface area (Å²) in [4.78, 5) is 14.4. The molecule has 0 aliphatic heterocycles. The first-order valence-electron chi connectivity index (χ1n) is 5.33. The van der Waals surface area contributed by atoms with Crippen LogP contribution in [0.1, 0.15) is 32.3 Å². The Morgan fingerprint density at radius 3 is 2.56 bits per heavy atom. The van der Waals surface area contributed by atoms with E-state index in [0.29, 0.717) is 0 Å². The summed E-state index contributed by atoms with van der Waals surface area (Å²) in [5.41, 5.74) is 0.384. The van der Waals surface area contributed by atoms with E-state index in [2.05, 4.69) is 18.8 Å². The van der Waals surface area contributed by atoms with E-state index < -0.39 is 5.54 Å². The van der Waals surface area contributed by atoms with Gasteiger partial charge in [-0.1, -0.05) is 26.0 Å². The Morgan fingerprint density at radius 2 is 2.06 bits per heavy atom. The Balaban J connectivity index is 2.39. The van der Waals surface area contributed by atoms with E-state index in [1.165, 1.54) is 12.1 Å². The molecule has 3 heteroatoms. The highest BCUT2D eigenvalue weighted by atomic mass is 19.1. The van der Waals surface area contributed by atoms with E-state index in [9.17, 15) is 9.18 Å². The number of nitrogens with zero attached hydrogens (tertiary/aromatic N) is 1. The van der Waals surface area contributed by atoms with Crippen LogP contribution >= 0.6 is 0 Å². The minimum absolute atomic E-state index is 0.159. The maximum Gasteiger partial charge on any atom is 0.235 e. The van der Waals surface area contributed by atoms with Gasteiger partial charge in [0.15, 0.2) is 0 Å². The van der Waals surface area contributed by atoms with Gasteiger partial charge in [0.05, 0.1) is 5.54 Å². The molecule has 0 bridgehead atoms. The second kappa shape index (κ2) is 3.53. The molecule has 16 heavy (non-hydrogen) atoms. The highest BCUT2D eigenvalue weighted by Crippen LogP contribution is 2.56. The normalized spacial score (nSPS) is 20.7. The van der Waals surface area contributed by atoms with Crippen molar-refractivity contribution in [1.82, 2.24) is 0 Å². The number of aliphatic imine (C=N–C) groups is 1. The molecule has 0 saturated heterocycles. The third-order valence-corrected chi connectivity index (χ3v) is 3.16. The second-order valence-corrected chi connectivity index (χ2v) is 5.26. The van der Waals surface area contributed by atoms with Crippen molar-refractivity contribution >= 4 is 6.08 Å². The summed E-state index contributed by atoms with van der Waals surface area (Å²) < 4.78 is 13.2. The standard InChI is InChI=1S/C13H14FNO/c1-12(2)7-13(8-12,15-9-16)10-4-3-5-11(14)6-10/h3-6H,7-8H2,1-2H3. The van der Waals surface area contributed by atoms with Crippen LogP contribution in [0.25, 0.3) is 0 Å². The van der Waals surface area contributed by atoms with Crippen LogP contribution in [0.3, 0.4) is 0 Å². The van der Waals surface area contributed by atoms with Crippen molar-refractivity contribution in [3.05, 3.63) is 35.6 Å². The number of hydrogen-bond acceptors (Lipinski definition) is 2. The molecule has 1 aliphatic rings. The van der Waals surface area contributed by atoms with Crippen LogP contribution in [0, 0.1) is 11.2 Å². The fourth-order valence-electron chi connectivity index (χ4n) is 2.74. The molecule has 1 fully saturated rings. The number of halogens is 1. The topological polar surface area (TPSA) is 29.4 Å². The van der Waals surface area contributed by atoms with Crippen molar-refractivity contribution < 1.29 is 9.18 Å². The van der Waals surface area contributed by atoms with Crippen molar-refractivity contribution in [1.29, 1.82) is 0 Å². The SMILES string of the molecule is CC1(C)CC(N=C=O)(c2cccc(F)c2)C1. The van der Waals surface area contributed by atoms with Gasteiger partial charge in [-0.2, -0.15) is 4.99 Å². The lowest BCUT2D eigenvalue weighted by atomic mass is 9.57. The van der Waals surface area contributed by atoms with Crippen LogP contribution in [0.5, 0.6) is 0 Å². The summed E-state index contributed by atoms with van der Waals surface area (Å²) in [6.07, 6.45) is 3.14. The third kappa shape index (κ3) is 1.79. The zero-order valence-electron chi connectivity index (χ0n) is 9.46. The lowest BCUT2D eigenvalue weighted by Crippen LogP contribution is -2.45. The van der Waals surface area contributed by atoms with Gasteiger partial charge in [0.25, 0.3) is 0 Å². The molecule has 1 saturated carbocycles. The molecule has 0 heterocycles. The number of benzene rings is 1. The molecule has 1 aliphatic carbocycles. The average Bonchev–Trinajstić information content (AvgIpc) is 2.15. The van der Waals surface area contributed by atoms with Crippen molar-refractivity contribution in [2.24, 2.45) is 10.4 Å². The smallest absolute Gasteiger partial charge is 0.211 e. The zero-order chi connectivity index (χ0) is 11.8. The molecular weight excluding hydrogens is 205 g/mol. The van der Waals surface area contributed by atoms with Crippen molar-refractivity contribution in [2.45, 2.75) is 32.2 Å². The predicted molar refractivity (Wildman–Crippen MR) is 59.2 cm³/mol. The van der Waals surface area contributed by atoms with E-state index in [1.807, 2.05) is 6.07 Å². The summed E-state index contributed by atoms with van der Waals surface area (Å²) >= 11 is 0. The van der Waals surface area contributed by atoms with Gasteiger partial charge < -0.3 is 0 Å². The van der Waals surface area contributed by atoms with Gasteiger partial charge in [-0.05, 0) is 36.0 Å². The molecule has 0 aromatic heterocycles. The minimum atomic E-state index is -0.548. The Bertz CT molecular complexity index is 453. The minimum Gasteiger partial charge on any atom is -0.211 e. The quantitative estimate of drug-likeness (QED) is 0.555. The highest BCUT2D eigenvalue weighted by Gasteiger charge is 2.50. The van der Waals surface area contributed by atoms with Crippen molar-refractivity contribution in [3.8, 4) is 0 Å². The third-order valence-electron chi connectivity index (χ3n) is 3.16. The number of hydrogen-bond donors (Lipinski definition) is 0. The Hall–Kier alpha value is -1.47. The predicted octanol–water partition coefficient (Wildman–Crippen LogP) is 3.18. The van der Waals surface area contributed by atoms with Gasteiger partial charge in [0, 0.05) is 0 Å². The first kappa shape index (κ1) is 11.0. The first-order chi connectivity index (χ1) is 7.47. The van der Waals surface area contributed by atoms with Gasteiger partial charge in [-0.3, -0.25) is 0 Å². The molecule has 0 N–H and O–H groups in total. The highest BCUT2D eigenvalue weighted by molar-refractivity contribution is 5.40. The molecule has 0 unspecified atom stereocenters. The number of carbonyl (C=O) groups excluding carboxylic acids is 1. The number of isocyanates is 1. The molecule has 1 aromatic rings. The first-order valence-corrected chi connectivity index (χ1v) is 5.33. The monoisotopic (exact) mass is 219 g/mol. The zero-order valence-corrected chi connectivity index (χ0v) is 9.46. The van der Waals surface area contributed by atoms with Crippen molar-refractivity contribution in [3.63, 3.8) is 0 Å². The number of rotatable bonds is 2. The molecule has 0 amide bonds. The maximum atomic E-state index is 13.2. The van der Waals surface area contributed by atoms with E-state index in [0.717, 1.165) is 18.4 Å². The summed E-state index contributed by atoms with van der Waals surface area (Å²) in [7, 11) is 0. The summed E-state index contributed by atoms with van der Waals surface area (Å²) in [6.45, 7) is 4.23. The van der Waals surface area contributed by atoms with E-state index in [-0.39, 0.29) is 11.2 Å². The fraction of sp³-hybridized carbons (Fsp3) is 0.462. The molecule has 2 rings (SSSR count). The molecule has 2 nitrogen and oxygen atoms in total. The van der Waals surface area contributed by atoms with E-state index >= 15 is 0 Å². The van der Waals surface area contributed by atoms with E-state index in [4.69, 9.17) is 0 Å². The van der Waals surface area contributed by atoms with Crippen LogP contribution < -0.4 is 0 Å². The van der Waals surface area contributed by atoms with Gasteiger partial charge >= 0.3 is 0 Å². The summed E-state index contributed by atoms with van der Waals surface area (Å²) in [6, 6.07) is 6.32. The molecule has 0 radical (unpaired) electrons. The van der Waals surface area contributed by atoms with Crippen molar-refractivity contribution in [2.75, 3.05) is 0 Å². The van der Waals surface area contributed by atoms with Crippen LogP contribution in [-0.4, -0.2) is 6.08 Å². The van der Waals surface area contributed by atoms with Crippen LogP contribution in [0.2, 0.25) is 0 Å². The van der Waals surface area contributed by atoms with Gasteiger partial charge in [-0.25, -0.2) is 9.18 Å². The summed E-state index contributed by atoms with van der Waals surface area (Å²) in [5, 5.41) is 0. The van der Waals surface area contributed by atoms with Crippen LogP contribution in [-0.2, 0) is 10.3 Å². The average molecular weight is 219 g/mol. The van der Waals surface area contributed by atoms with Gasteiger partial charge in [-0.15, -0.1) is 0 Å². The molecular formula is C13H14FNO. The van der Waals surface area contributed by atoms with Gasteiger partial charge in [0.1, 0.15) is 5.82 Å². The lowest BCUT2D eigenvalue weighted by Gasteiger charge is -2.50. The lowest BCUT2D eigenvalue weighted by molar-refractivity contribution is 0.0636. The summed E-state index contributed by atoms with van der Waals surface area (Å²) in [5.74, 6) is -0.289. The maximum absolute atomic E-state index is 13.2. The fourth-order valence-corrected chi connectivity index (χ4v) is 2.74. The molecule has 84 valence electrons. The van der Waals surface area contributed by atoms with Gasteiger partial charge in [0.2, 0.25) is 6.08 Å². The molecule has 1 aromatic carbocycles. The Labute approximate surface area is 94.2 Å².